The maximum absolute atomic E-state index is 10.8. The Kier molecular flexibility index (Phi) is 1.95. The van der Waals surface area contributed by atoms with Crippen LogP contribution in [0.5, 0.6) is 0 Å². The number of nitrogens with one attached hydrogen (secondary N) is 1. The number of aromatic nitrogens is 2. The zero-order valence-corrected chi connectivity index (χ0v) is 7.04. The lowest BCUT2D eigenvalue weighted by atomic mass is 10.4. The van der Waals surface area contributed by atoms with Gasteiger partial charge in [-0.05, 0) is 0 Å². The number of rotatable bonds is 1. The van der Waals surface area contributed by atoms with E-state index < -0.39 is 0 Å². The first-order valence-electron chi connectivity index (χ1n) is 3.53. The normalized spacial score (nSPS) is 22.3. The van der Waals surface area contributed by atoms with E-state index in [1.54, 1.807) is 30.4 Å². The number of carbonyl (C=O) groups is 1. The number of thioether (sulfide) groups is 1. The van der Waals surface area contributed by atoms with Gasteiger partial charge >= 0.3 is 0 Å². The maximum Gasteiger partial charge on any atom is 0.231 e. The van der Waals surface area contributed by atoms with Crippen molar-refractivity contribution in [2.45, 2.75) is 5.37 Å². The summed E-state index contributed by atoms with van der Waals surface area (Å²) in [5.41, 5.74) is 0.813. The Morgan fingerprint density at radius 1 is 1.58 bits per heavy atom. The molecular formula is C7H7N3OS. The largest absolute Gasteiger partial charge is 0.338 e. The Balaban J connectivity index is 2.16. The molecule has 1 aliphatic heterocycles. The summed E-state index contributed by atoms with van der Waals surface area (Å²) in [6, 6.07) is 0. The zero-order valence-electron chi connectivity index (χ0n) is 6.23. The van der Waals surface area contributed by atoms with Gasteiger partial charge in [0, 0.05) is 12.4 Å². The van der Waals surface area contributed by atoms with E-state index in [9.17, 15) is 4.79 Å². The van der Waals surface area contributed by atoms with Gasteiger partial charge in [-0.15, -0.1) is 11.8 Å². The van der Waals surface area contributed by atoms with Crippen molar-refractivity contribution in [2.24, 2.45) is 0 Å². The highest BCUT2D eigenvalue weighted by molar-refractivity contribution is 8.00. The molecular weight excluding hydrogens is 174 g/mol. The highest BCUT2D eigenvalue weighted by Crippen LogP contribution is 2.28. The molecule has 0 bridgehead atoms. The second kappa shape index (κ2) is 3.10. The number of hydrogen-bond donors (Lipinski definition) is 1. The minimum atomic E-state index is -0.00815. The molecule has 0 radical (unpaired) electrons. The third-order valence-corrected chi connectivity index (χ3v) is 2.65. The van der Waals surface area contributed by atoms with Crippen molar-refractivity contribution >= 4 is 17.7 Å². The monoisotopic (exact) mass is 181 g/mol. The molecule has 1 N–H and O–H groups in total. The molecule has 2 rings (SSSR count). The molecule has 0 spiro atoms. The lowest BCUT2D eigenvalue weighted by Crippen LogP contribution is -2.19. The average molecular weight is 181 g/mol. The summed E-state index contributed by atoms with van der Waals surface area (Å²) >= 11 is 1.54. The molecule has 1 aromatic rings. The molecule has 4 nitrogen and oxygen atoms in total. The van der Waals surface area contributed by atoms with Gasteiger partial charge in [0.05, 0.1) is 17.6 Å². The molecule has 12 heavy (non-hydrogen) atoms. The topological polar surface area (TPSA) is 54.9 Å². The van der Waals surface area contributed by atoms with Gasteiger partial charge in [-0.3, -0.25) is 14.8 Å². The van der Waals surface area contributed by atoms with Crippen molar-refractivity contribution in [3.63, 3.8) is 0 Å². The maximum atomic E-state index is 10.8. The van der Waals surface area contributed by atoms with Crippen LogP contribution in [0.2, 0.25) is 0 Å². The van der Waals surface area contributed by atoms with Gasteiger partial charge in [0.2, 0.25) is 5.91 Å². The second-order valence-corrected chi connectivity index (χ2v) is 3.48. The van der Waals surface area contributed by atoms with Crippen molar-refractivity contribution in [3.8, 4) is 0 Å². The average Bonchev–Trinajstić information content (AvgIpc) is 2.54. The fourth-order valence-electron chi connectivity index (χ4n) is 0.994. The molecule has 1 saturated heterocycles. The van der Waals surface area contributed by atoms with E-state index in [1.165, 1.54) is 0 Å². The summed E-state index contributed by atoms with van der Waals surface area (Å²) in [6.45, 7) is 0. The summed E-state index contributed by atoms with van der Waals surface area (Å²) in [4.78, 5) is 18.9. The van der Waals surface area contributed by atoms with Crippen LogP contribution in [-0.4, -0.2) is 21.6 Å². The smallest absolute Gasteiger partial charge is 0.231 e. The zero-order chi connectivity index (χ0) is 8.39. The van der Waals surface area contributed by atoms with Gasteiger partial charge in [0.15, 0.2) is 0 Å². The summed E-state index contributed by atoms with van der Waals surface area (Å²) in [5.74, 6) is 0.581. The Morgan fingerprint density at radius 2 is 2.50 bits per heavy atom. The van der Waals surface area contributed by atoms with Crippen LogP contribution >= 0.6 is 11.8 Å². The van der Waals surface area contributed by atoms with E-state index in [4.69, 9.17) is 0 Å². The van der Waals surface area contributed by atoms with Crippen molar-refractivity contribution < 1.29 is 4.79 Å². The molecule has 2 heterocycles. The molecule has 62 valence electrons. The van der Waals surface area contributed by atoms with Crippen molar-refractivity contribution in [2.75, 3.05) is 5.75 Å². The summed E-state index contributed by atoms with van der Waals surface area (Å²) in [6.07, 6.45) is 4.91. The van der Waals surface area contributed by atoms with E-state index in [2.05, 4.69) is 15.3 Å². The summed E-state index contributed by atoms with van der Waals surface area (Å²) < 4.78 is 0. The highest BCUT2D eigenvalue weighted by atomic mass is 32.2. The molecule has 0 aliphatic carbocycles. The Bertz CT molecular complexity index is 290. The first kappa shape index (κ1) is 7.54. The van der Waals surface area contributed by atoms with Crippen molar-refractivity contribution in [3.05, 3.63) is 24.3 Å². The standard InChI is InChI=1S/C7H7N3OS/c11-6-4-12-7(10-6)5-3-8-1-2-9-5/h1-3,7H,4H2,(H,10,11). The highest BCUT2D eigenvalue weighted by Gasteiger charge is 2.23. The molecule has 1 unspecified atom stereocenters. The van der Waals surface area contributed by atoms with Gasteiger partial charge in [-0.1, -0.05) is 0 Å². The van der Waals surface area contributed by atoms with Crippen LogP contribution < -0.4 is 5.32 Å². The Labute approximate surface area is 73.8 Å². The van der Waals surface area contributed by atoms with Crippen LogP contribution in [0, 0.1) is 0 Å². The lowest BCUT2D eigenvalue weighted by molar-refractivity contribution is -0.118. The van der Waals surface area contributed by atoms with Crippen LogP contribution in [0.3, 0.4) is 0 Å². The quantitative estimate of drug-likeness (QED) is 0.678. The molecule has 0 aromatic carbocycles. The molecule has 1 fully saturated rings. The fraction of sp³-hybridized carbons (Fsp3) is 0.286. The Morgan fingerprint density at radius 3 is 3.08 bits per heavy atom. The first-order chi connectivity index (χ1) is 5.86. The number of hydrogen-bond acceptors (Lipinski definition) is 4. The van der Waals surface area contributed by atoms with E-state index in [0.29, 0.717) is 5.75 Å². The molecule has 1 amide bonds. The summed E-state index contributed by atoms with van der Waals surface area (Å²) in [7, 11) is 0. The van der Waals surface area contributed by atoms with Crippen LogP contribution in [-0.2, 0) is 4.79 Å². The van der Waals surface area contributed by atoms with Crippen LogP contribution in [0.4, 0.5) is 0 Å². The van der Waals surface area contributed by atoms with Crippen molar-refractivity contribution in [1.29, 1.82) is 0 Å². The third kappa shape index (κ3) is 1.40. The first-order valence-corrected chi connectivity index (χ1v) is 4.58. The minimum absolute atomic E-state index is 0.00815. The van der Waals surface area contributed by atoms with E-state index >= 15 is 0 Å². The van der Waals surface area contributed by atoms with Gasteiger partial charge < -0.3 is 5.32 Å². The summed E-state index contributed by atoms with van der Waals surface area (Å²) in [5, 5.41) is 2.78. The number of nitrogens with zero attached hydrogens (tertiary/aromatic N) is 2. The molecule has 1 aliphatic rings. The molecule has 0 saturated carbocycles. The Hall–Kier alpha value is -1.10. The predicted molar refractivity (Wildman–Crippen MR) is 45.4 cm³/mol. The van der Waals surface area contributed by atoms with Crippen LogP contribution in [0.25, 0.3) is 0 Å². The fourth-order valence-corrected chi connectivity index (χ4v) is 1.90. The van der Waals surface area contributed by atoms with E-state index in [0.717, 1.165) is 5.69 Å². The number of amides is 1. The van der Waals surface area contributed by atoms with Gasteiger partial charge in [-0.25, -0.2) is 0 Å². The van der Waals surface area contributed by atoms with Crippen molar-refractivity contribution in [1.82, 2.24) is 15.3 Å². The van der Waals surface area contributed by atoms with E-state index in [-0.39, 0.29) is 11.3 Å². The minimum Gasteiger partial charge on any atom is -0.338 e. The van der Waals surface area contributed by atoms with Crippen LogP contribution in [0.15, 0.2) is 18.6 Å². The third-order valence-electron chi connectivity index (χ3n) is 1.52. The van der Waals surface area contributed by atoms with Gasteiger partial charge in [0.1, 0.15) is 5.37 Å². The molecule has 1 atom stereocenters. The van der Waals surface area contributed by atoms with Gasteiger partial charge in [0.25, 0.3) is 0 Å². The van der Waals surface area contributed by atoms with Gasteiger partial charge in [-0.2, -0.15) is 0 Å². The molecule has 5 heteroatoms. The van der Waals surface area contributed by atoms with E-state index in [1.807, 2.05) is 0 Å². The SMILES string of the molecule is O=C1CSC(c2cnccn2)N1. The predicted octanol–water partition coefficient (Wildman–Crippen LogP) is 0.338. The van der Waals surface area contributed by atoms with Crippen LogP contribution in [0.1, 0.15) is 11.1 Å². The lowest BCUT2D eigenvalue weighted by Gasteiger charge is -2.05. The molecule has 1 aromatic heterocycles. The number of carbonyl (C=O) groups excluding carboxylic acids is 1. The second-order valence-electron chi connectivity index (χ2n) is 2.39.